The molecule has 0 aliphatic carbocycles. The van der Waals surface area contributed by atoms with Crippen LogP contribution in [0, 0.1) is 11.3 Å². The summed E-state index contributed by atoms with van der Waals surface area (Å²) in [6, 6.07) is 16.5. The Hall–Kier alpha value is -3.39. The van der Waals surface area contributed by atoms with Crippen molar-refractivity contribution in [3.05, 3.63) is 65.2 Å². The second-order valence-electron chi connectivity index (χ2n) is 6.23. The molecule has 0 bridgehead atoms. The van der Waals surface area contributed by atoms with Crippen LogP contribution in [0.15, 0.2) is 54.1 Å². The number of nitriles is 1. The van der Waals surface area contributed by atoms with Crippen LogP contribution < -0.4 is 10.6 Å². The smallest absolute Gasteiger partial charge is 0.266 e. The molecule has 138 valence electrons. The van der Waals surface area contributed by atoms with Crippen molar-refractivity contribution in [1.29, 1.82) is 5.26 Å². The van der Waals surface area contributed by atoms with Gasteiger partial charge in [-0.15, -0.1) is 0 Å². The second-order valence-corrected chi connectivity index (χ2v) is 6.23. The van der Waals surface area contributed by atoms with Gasteiger partial charge in [0, 0.05) is 18.3 Å². The third kappa shape index (κ3) is 6.44. The van der Waals surface area contributed by atoms with Crippen molar-refractivity contribution in [2.45, 2.75) is 33.1 Å². The van der Waals surface area contributed by atoms with Crippen molar-refractivity contribution in [3.8, 4) is 6.07 Å². The second kappa shape index (κ2) is 9.93. The fourth-order valence-electron chi connectivity index (χ4n) is 2.52. The fourth-order valence-corrected chi connectivity index (χ4v) is 2.52. The maximum atomic E-state index is 12.4. The Balaban J connectivity index is 2.05. The number of aryl methyl sites for hydroxylation is 1. The van der Waals surface area contributed by atoms with E-state index in [0.717, 1.165) is 19.3 Å². The molecule has 5 heteroatoms. The summed E-state index contributed by atoms with van der Waals surface area (Å²) in [6.45, 7) is 3.58. The van der Waals surface area contributed by atoms with E-state index < -0.39 is 5.91 Å². The molecule has 2 aromatic carbocycles. The fraction of sp³-hybridized carbons (Fsp3) is 0.227. The Morgan fingerprint density at radius 2 is 1.59 bits per heavy atom. The van der Waals surface area contributed by atoms with Crippen LogP contribution in [0.5, 0.6) is 0 Å². The Morgan fingerprint density at radius 3 is 2.15 bits per heavy atom. The van der Waals surface area contributed by atoms with Gasteiger partial charge in [-0.25, -0.2) is 0 Å². The Kier molecular flexibility index (Phi) is 7.33. The molecule has 0 aliphatic rings. The van der Waals surface area contributed by atoms with Gasteiger partial charge in [0.1, 0.15) is 11.6 Å². The number of carbonyl (C=O) groups excluding carboxylic acids is 2. The molecule has 5 nitrogen and oxygen atoms in total. The van der Waals surface area contributed by atoms with Gasteiger partial charge in [0.25, 0.3) is 5.91 Å². The van der Waals surface area contributed by atoms with Gasteiger partial charge in [0.15, 0.2) is 0 Å². The summed E-state index contributed by atoms with van der Waals surface area (Å²) < 4.78 is 0. The Labute approximate surface area is 159 Å². The van der Waals surface area contributed by atoms with E-state index in [0.29, 0.717) is 16.9 Å². The minimum Gasteiger partial charge on any atom is -0.326 e. The van der Waals surface area contributed by atoms with Gasteiger partial charge in [-0.2, -0.15) is 5.26 Å². The van der Waals surface area contributed by atoms with Gasteiger partial charge < -0.3 is 10.6 Å². The first-order valence-corrected chi connectivity index (χ1v) is 8.91. The number of nitrogens with one attached hydrogen (secondary N) is 2. The highest BCUT2D eigenvalue weighted by Crippen LogP contribution is 2.15. The first-order valence-electron chi connectivity index (χ1n) is 8.91. The SMILES string of the molecule is CCCCc1ccc(NC(=O)C(C#N)=Cc2ccc(NC(C)=O)cc2)cc1. The van der Waals surface area contributed by atoms with E-state index in [1.165, 1.54) is 18.6 Å². The summed E-state index contributed by atoms with van der Waals surface area (Å²) in [6.07, 6.45) is 4.80. The monoisotopic (exact) mass is 361 g/mol. The maximum absolute atomic E-state index is 12.4. The highest BCUT2D eigenvalue weighted by Gasteiger charge is 2.09. The predicted molar refractivity (Wildman–Crippen MR) is 108 cm³/mol. The van der Waals surface area contributed by atoms with Crippen molar-refractivity contribution in [3.63, 3.8) is 0 Å². The maximum Gasteiger partial charge on any atom is 0.266 e. The van der Waals surface area contributed by atoms with Gasteiger partial charge in [-0.05, 0) is 54.3 Å². The van der Waals surface area contributed by atoms with Gasteiger partial charge in [-0.3, -0.25) is 9.59 Å². The number of unbranched alkanes of at least 4 members (excludes halogenated alkanes) is 1. The summed E-state index contributed by atoms with van der Waals surface area (Å²) in [5, 5.41) is 14.7. The van der Waals surface area contributed by atoms with Gasteiger partial charge >= 0.3 is 0 Å². The topological polar surface area (TPSA) is 82.0 Å². The lowest BCUT2D eigenvalue weighted by atomic mass is 10.1. The van der Waals surface area contributed by atoms with Crippen molar-refractivity contribution in [2.24, 2.45) is 0 Å². The van der Waals surface area contributed by atoms with E-state index in [4.69, 9.17) is 0 Å². The van der Waals surface area contributed by atoms with Crippen LogP contribution in [-0.2, 0) is 16.0 Å². The number of rotatable bonds is 7. The third-order valence-electron chi connectivity index (χ3n) is 3.94. The number of benzene rings is 2. The molecular weight excluding hydrogens is 338 g/mol. The Morgan fingerprint density at radius 1 is 1.00 bits per heavy atom. The van der Waals surface area contributed by atoms with E-state index >= 15 is 0 Å². The molecular formula is C22H23N3O2. The van der Waals surface area contributed by atoms with Crippen LogP contribution in [0.4, 0.5) is 11.4 Å². The van der Waals surface area contributed by atoms with Crippen molar-refractivity contribution in [1.82, 2.24) is 0 Å². The predicted octanol–water partition coefficient (Wildman–Crippen LogP) is 4.53. The summed E-state index contributed by atoms with van der Waals surface area (Å²) in [5.74, 6) is -0.610. The molecule has 0 aliphatic heterocycles. The summed E-state index contributed by atoms with van der Waals surface area (Å²) >= 11 is 0. The number of amides is 2. The zero-order valence-electron chi connectivity index (χ0n) is 15.6. The Bertz CT molecular complexity index is 860. The average Bonchev–Trinajstić information content (AvgIpc) is 2.66. The molecule has 0 fully saturated rings. The highest BCUT2D eigenvalue weighted by atomic mass is 16.2. The lowest BCUT2D eigenvalue weighted by Crippen LogP contribution is -2.13. The molecule has 0 unspecified atom stereocenters. The molecule has 2 aromatic rings. The standard InChI is InChI=1S/C22H23N3O2/c1-3-4-5-17-6-10-21(11-7-17)25-22(27)19(15-23)14-18-8-12-20(13-9-18)24-16(2)26/h6-14H,3-5H2,1-2H3,(H,24,26)(H,25,27). The minimum absolute atomic E-state index is 0.0114. The summed E-state index contributed by atoms with van der Waals surface area (Å²) in [7, 11) is 0. The molecule has 0 spiro atoms. The molecule has 27 heavy (non-hydrogen) atoms. The van der Waals surface area contributed by atoms with Gasteiger partial charge in [0.2, 0.25) is 5.91 Å². The van der Waals surface area contributed by atoms with E-state index in [1.807, 2.05) is 30.3 Å². The lowest BCUT2D eigenvalue weighted by Gasteiger charge is -2.06. The van der Waals surface area contributed by atoms with Crippen LogP contribution in [0.3, 0.4) is 0 Å². The zero-order chi connectivity index (χ0) is 19.6. The molecule has 0 radical (unpaired) electrons. The normalized spacial score (nSPS) is 10.8. The molecule has 2 N–H and O–H groups in total. The largest absolute Gasteiger partial charge is 0.326 e. The van der Waals surface area contributed by atoms with E-state index in [-0.39, 0.29) is 11.5 Å². The first kappa shape index (κ1) is 19.9. The van der Waals surface area contributed by atoms with Crippen LogP contribution in [0.1, 0.15) is 37.8 Å². The molecule has 0 atom stereocenters. The first-order chi connectivity index (χ1) is 13.0. The van der Waals surface area contributed by atoms with E-state index in [9.17, 15) is 14.9 Å². The van der Waals surface area contributed by atoms with Crippen molar-refractivity contribution >= 4 is 29.3 Å². The van der Waals surface area contributed by atoms with E-state index in [1.54, 1.807) is 24.3 Å². The molecule has 0 saturated heterocycles. The zero-order valence-corrected chi connectivity index (χ0v) is 15.6. The van der Waals surface area contributed by atoms with Crippen LogP contribution in [0.25, 0.3) is 6.08 Å². The number of nitrogens with zero attached hydrogens (tertiary/aromatic N) is 1. The molecule has 2 rings (SSSR count). The number of anilines is 2. The molecule has 0 saturated carbocycles. The van der Waals surface area contributed by atoms with Crippen LogP contribution >= 0.6 is 0 Å². The highest BCUT2D eigenvalue weighted by molar-refractivity contribution is 6.09. The van der Waals surface area contributed by atoms with Crippen LogP contribution in [0.2, 0.25) is 0 Å². The molecule has 0 aromatic heterocycles. The van der Waals surface area contributed by atoms with Crippen molar-refractivity contribution < 1.29 is 9.59 Å². The summed E-state index contributed by atoms with van der Waals surface area (Å²) in [4.78, 5) is 23.4. The minimum atomic E-state index is -0.454. The quantitative estimate of drug-likeness (QED) is 0.561. The summed E-state index contributed by atoms with van der Waals surface area (Å²) in [5.41, 5.74) is 3.25. The van der Waals surface area contributed by atoms with Gasteiger partial charge in [0.05, 0.1) is 0 Å². The van der Waals surface area contributed by atoms with E-state index in [2.05, 4.69) is 17.6 Å². The number of hydrogen-bond acceptors (Lipinski definition) is 3. The lowest BCUT2D eigenvalue weighted by molar-refractivity contribution is -0.114. The molecule has 0 heterocycles. The molecule has 2 amide bonds. The number of carbonyl (C=O) groups is 2. The van der Waals surface area contributed by atoms with Crippen molar-refractivity contribution in [2.75, 3.05) is 10.6 Å². The average molecular weight is 361 g/mol. The van der Waals surface area contributed by atoms with Gasteiger partial charge in [-0.1, -0.05) is 37.6 Å². The third-order valence-corrected chi connectivity index (χ3v) is 3.94. The number of hydrogen-bond donors (Lipinski definition) is 2. The van der Waals surface area contributed by atoms with Crippen LogP contribution in [-0.4, -0.2) is 11.8 Å².